The molecule has 2 N–H and O–H groups in total. The van der Waals surface area contributed by atoms with E-state index in [4.69, 9.17) is 0 Å². The van der Waals surface area contributed by atoms with E-state index in [-0.39, 0.29) is 5.91 Å². The Kier molecular flexibility index (Phi) is 5.61. The van der Waals surface area contributed by atoms with E-state index < -0.39 is 0 Å². The Morgan fingerprint density at radius 1 is 1.00 bits per heavy atom. The third-order valence-electron chi connectivity index (χ3n) is 2.67. The lowest BCUT2D eigenvalue weighted by molar-refractivity contribution is -0.115. The van der Waals surface area contributed by atoms with Gasteiger partial charge in [-0.15, -0.1) is 0 Å². The van der Waals surface area contributed by atoms with Gasteiger partial charge in [0.05, 0.1) is 0 Å². The molecule has 0 unspecified atom stereocenters. The van der Waals surface area contributed by atoms with E-state index in [0.717, 1.165) is 20.3 Å². The number of carbonyl (C=O) groups is 1. The van der Waals surface area contributed by atoms with Crippen LogP contribution in [0.3, 0.4) is 0 Å². The molecular formula is C15H14Br2N2O. The summed E-state index contributed by atoms with van der Waals surface area (Å²) in [7, 11) is 0. The minimum Gasteiger partial charge on any atom is -0.384 e. The lowest BCUT2D eigenvalue weighted by Crippen LogP contribution is -2.16. The average molecular weight is 398 g/mol. The molecule has 0 aliphatic carbocycles. The summed E-state index contributed by atoms with van der Waals surface area (Å²) in [4.78, 5) is 11.8. The van der Waals surface area contributed by atoms with Gasteiger partial charge in [-0.05, 0) is 52.3 Å². The highest BCUT2D eigenvalue weighted by molar-refractivity contribution is 9.10. The summed E-state index contributed by atoms with van der Waals surface area (Å²) in [6.07, 6.45) is 0.414. The number of rotatable bonds is 5. The molecule has 0 radical (unpaired) electrons. The summed E-state index contributed by atoms with van der Waals surface area (Å²) in [5, 5.41) is 6.08. The quantitative estimate of drug-likeness (QED) is 0.770. The number of amides is 1. The molecule has 1 amide bonds. The van der Waals surface area contributed by atoms with Crippen molar-refractivity contribution < 1.29 is 4.79 Å². The summed E-state index contributed by atoms with van der Waals surface area (Å²) in [6.45, 7) is 0.588. The van der Waals surface area contributed by atoms with Crippen LogP contribution in [0.4, 0.5) is 11.4 Å². The van der Waals surface area contributed by atoms with Gasteiger partial charge in [-0.2, -0.15) is 0 Å². The maximum atomic E-state index is 11.8. The largest absolute Gasteiger partial charge is 0.384 e. The van der Waals surface area contributed by atoms with Gasteiger partial charge in [0.2, 0.25) is 5.91 Å². The van der Waals surface area contributed by atoms with E-state index in [2.05, 4.69) is 42.5 Å². The third kappa shape index (κ3) is 4.65. The van der Waals surface area contributed by atoms with Crippen LogP contribution in [0.15, 0.2) is 57.5 Å². The lowest BCUT2D eigenvalue weighted by Gasteiger charge is -2.09. The van der Waals surface area contributed by atoms with Gasteiger partial charge in [-0.3, -0.25) is 4.79 Å². The molecule has 0 bridgehead atoms. The second-order valence-corrected chi connectivity index (χ2v) is 5.98. The van der Waals surface area contributed by atoms with Crippen LogP contribution in [0.1, 0.15) is 6.42 Å². The van der Waals surface area contributed by atoms with Crippen LogP contribution in [-0.2, 0) is 4.79 Å². The number of hydrogen-bond acceptors (Lipinski definition) is 2. The molecule has 2 aromatic carbocycles. The fraction of sp³-hybridized carbons (Fsp3) is 0.133. The molecule has 0 saturated heterocycles. The van der Waals surface area contributed by atoms with Crippen molar-refractivity contribution in [3.8, 4) is 0 Å². The van der Waals surface area contributed by atoms with Crippen molar-refractivity contribution >= 4 is 49.1 Å². The first kappa shape index (κ1) is 15.1. The van der Waals surface area contributed by atoms with E-state index in [1.807, 2.05) is 48.5 Å². The second-order valence-electron chi connectivity index (χ2n) is 4.21. The molecule has 0 spiro atoms. The monoisotopic (exact) mass is 396 g/mol. The normalized spacial score (nSPS) is 10.1. The molecule has 0 heterocycles. The molecule has 0 aliphatic rings. The Hall–Kier alpha value is -1.33. The highest BCUT2D eigenvalue weighted by atomic mass is 79.9. The first-order valence-corrected chi connectivity index (χ1v) is 7.77. The van der Waals surface area contributed by atoms with Crippen LogP contribution in [0.2, 0.25) is 0 Å². The molecule has 0 saturated carbocycles. The summed E-state index contributed by atoms with van der Waals surface area (Å²) >= 11 is 6.82. The first-order chi connectivity index (χ1) is 9.65. The smallest absolute Gasteiger partial charge is 0.226 e. The zero-order valence-electron chi connectivity index (χ0n) is 10.7. The van der Waals surface area contributed by atoms with Crippen molar-refractivity contribution in [2.45, 2.75) is 6.42 Å². The molecule has 2 aromatic rings. The summed E-state index contributed by atoms with van der Waals surface area (Å²) < 4.78 is 1.99. The Morgan fingerprint density at radius 2 is 1.70 bits per heavy atom. The highest BCUT2D eigenvalue weighted by Gasteiger charge is 2.03. The van der Waals surface area contributed by atoms with Crippen LogP contribution in [-0.4, -0.2) is 12.5 Å². The fourth-order valence-corrected chi connectivity index (χ4v) is 2.36. The molecule has 0 aromatic heterocycles. The van der Waals surface area contributed by atoms with E-state index in [9.17, 15) is 4.79 Å². The number of anilines is 2. The average Bonchev–Trinajstić information content (AvgIpc) is 2.43. The Balaban J connectivity index is 1.78. The Labute approximate surface area is 135 Å². The van der Waals surface area contributed by atoms with Crippen molar-refractivity contribution in [3.05, 3.63) is 57.5 Å². The van der Waals surface area contributed by atoms with Crippen molar-refractivity contribution in [2.24, 2.45) is 0 Å². The fourth-order valence-electron chi connectivity index (χ4n) is 1.67. The zero-order valence-corrected chi connectivity index (χ0v) is 13.9. The van der Waals surface area contributed by atoms with Gasteiger partial charge < -0.3 is 10.6 Å². The maximum Gasteiger partial charge on any atom is 0.226 e. The summed E-state index contributed by atoms with van der Waals surface area (Å²) in [6, 6.07) is 15.4. The number of benzene rings is 2. The topological polar surface area (TPSA) is 41.1 Å². The molecule has 104 valence electrons. The van der Waals surface area contributed by atoms with Gasteiger partial charge in [-0.1, -0.05) is 28.1 Å². The highest BCUT2D eigenvalue weighted by Crippen LogP contribution is 2.21. The van der Waals surface area contributed by atoms with Crippen molar-refractivity contribution in [1.82, 2.24) is 0 Å². The molecule has 0 fully saturated rings. The van der Waals surface area contributed by atoms with Crippen LogP contribution < -0.4 is 10.6 Å². The van der Waals surface area contributed by atoms with Crippen molar-refractivity contribution in [1.29, 1.82) is 0 Å². The van der Waals surface area contributed by atoms with Gasteiger partial charge in [0.1, 0.15) is 0 Å². The van der Waals surface area contributed by atoms with E-state index in [1.54, 1.807) is 0 Å². The minimum atomic E-state index is -0.00752. The molecule has 5 heteroatoms. The van der Waals surface area contributed by atoms with E-state index >= 15 is 0 Å². The number of carbonyl (C=O) groups excluding carboxylic acids is 1. The van der Waals surface area contributed by atoms with Crippen molar-refractivity contribution in [2.75, 3.05) is 17.2 Å². The number of nitrogens with one attached hydrogen (secondary N) is 2. The van der Waals surface area contributed by atoms with Crippen LogP contribution in [0.25, 0.3) is 0 Å². The van der Waals surface area contributed by atoms with Gasteiger partial charge in [0, 0.05) is 33.3 Å². The molecule has 3 nitrogen and oxygen atoms in total. The predicted molar refractivity (Wildman–Crippen MR) is 90.0 cm³/mol. The first-order valence-electron chi connectivity index (χ1n) is 6.19. The Bertz CT molecular complexity index is 585. The lowest BCUT2D eigenvalue weighted by atomic mass is 10.3. The zero-order chi connectivity index (χ0) is 14.4. The number of hydrogen-bond donors (Lipinski definition) is 2. The van der Waals surface area contributed by atoms with Crippen molar-refractivity contribution in [3.63, 3.8) is 0 Å². The van der Waals surface area contributed by atoms with Gasteiger partial charge in [0.15, 0.2) is 0 Å². The Morgan fingerprint density at radius 3 is 2.40 bits per heavy atom. The number of para-hydroxylation sites is 1. The molecule has 0 aliphatic heterocycles. The minimum absolute atomic E-state index is 0.00752. The van der Waals surface area contributed by atoms with Crippen LogP contribution in [0.5, 0.6) is 0 Å². The van der Waals surface area contributed by atoms with Gasteiger partial charge in [0.25, 0.3) is 0 Å². The molecule has 20 heavy (non-hydrogen) atoms. The molecule has 0 atom stereocenters. The van der Waals surface area contributed by atoms with E-state index in [0.29, 0.717) is 13.0 Å². The third-order valence-corrected chi connectivity index (χ3v) is 3.89. The SMILES string of the molecule is O=C(CCNc1ccccc1Br)Nc1ccc(Br)cc1. The second kappa shape index (κ2) is 7.45. The van der Waals surface area contributed by atoms with E-state index in [1.165, 1.54) is 0 Å². The van der Waals surface area contributed by atoms with Crippen LogP contribution in [0, 0.1) is 0 Å². The van der Waals surface area contributed by atoms with Gasteiger partial charge >= 0.3 is 0 Å². The van der Waals surface area contributed by atoms with Gasteiger partial charge in [-0.25, -0.2) is 0 Å². The number of halogens is 2. The summed E-state index contributed by atoms with van der Waals surface area (Å²) in [5.41, 5.74) is 1.79. The predicted octanol–water partition coefficient (Wildman–Crippen LogP) is 4.65. The summed E-state index contributed by atoms with van der Waals surface area (Å²) in [5.74, 6) is -0.00752. The molecular weight excluding hydrogens is 384 g/mol. The maximum absolute atomic E-state index is 11.8. The standard InChI is InChI=1S/C15H14Br2N2O/c16-11-5-7-12(8-6-11)19-15(20)9-10-18-14-4-2-1-3-13(14)17/h1-8,18H,9-10H2,(H,19,20). The molecule has 2 rings (SSSR count). The van der Waals surface area contributed by atoms with Crippen LogP contribution >= 0.6 is 31.9 Å².